The van der Waals surface area contributed by atoms with Crippen LogP contribution in [0.1, 0.15) is 21.7 Å². The third kappa shape index (κ3) is 5.34. The predicted molar refractivity (Wildman–Crippen MR) is 104 cm³/mol. The van der Waals surface area contributed by atoms with E-state index in [9.17, 15) is 14.9 Å². The first-order chi connectivity index (χ1) is 13.5. The Kier molecular flexibility index (Phi) is 6.67. The zero-order valence-electron chi connectivity index (χ0n) is 15.9. The molecule has 3 rings (SSSR count). The van der Waals surface area contributed by atoms with Crippen molar-refractivity contribution in [2.75, 3.05) is 39.4 Å². The first kappa shape index (κ1) is 19.9. The van der Waals surface area contributed by atoms with E-state index in [1.54, 1.807) is 11.0 Å². The van der Waals surface area contributed by atoms with E-state index in [1.165, 1.54) is 18.2 Å². The summed E-state index contributed by atoms with van der Waals surface area (Å²) in [7, 11) is 0. The molecule has 1 aliphatic heterocycles. The third-order valence-electron chi connectivity index (χ3n) is 4.68. The average molecular weight is 384 g/mol. The van der Waals surface area contributed by atoms with Crippen LogP contribution < -0.4 is 0 Å². The van der Waals surface area contributed by atoms with Crippen molar-refractivity contribution in [3.63, 3.8) is 0 Å². The molecule has 0 bridgehead atoms. The number of hydrogen-bond acceptors (Lipinski definition) is 6. The summed E-state index contributed by atoms with van der Waals surface area (Å²) < 4.78 is 5.37. The topological polar surface area (TPSA) is 88.8 Å². The van der Waals surface area contributed by atoms with E-state index in [0.717, 1.165) is 31.0 Å². The van der Waals surface area contributed by atoms with E-state index >= 15 is 0 Å². The molecular formula is C20H24N4O4. The van der Waals surface area contributed by atoms with Gasteiger partial charge >= 0.3 is 0 Å². The van der Waals surface area contributed by atoms with Crippen LogP contribution in [0.5, 0.6) is 0 Å². The number of nitro groups is 1. The summed E-state index contributed by atoms with van der Waals surface area (Å²) in [6, 6.07) is 11.6. The molecule has 148 valence electrons. The van der Waals surface area contributed by atoms with Crippen LogP contribution in [-0.2, 0) is 11.3 Å². The van der Waals surface area contributed by atoms with Crippen molar-refractivity contribution in [1.82, 2.24) is 14.8 Å². The van der Waals surface area contributed by atoms with Crippen LogP contribution >= 0.6 is 0 Å². The van der Waals surface area contributed by atoms with E-state index in [-0.39, 0.29) is 11.6 Å². The summed E-state index contributed by atoms with van der Waals surface area (Å²) in [5, 5.41) is 11.1. The Labute approximate surface area is 163 Å². The second-order valence-corrected chi connectivity index (χ2v) is 6.76. The summed E-state index contributed by atoms with van der Waals surface area (Å²) in [6.45, 7) is 6.55. The van der Waals surface area contributed by atoms with Crippen molar-refractivity contribution < 1.29 is 14.5 Å². The lowest BCUT2D eigenvalue weighted by Gasteiger charge is -2.30. The lowest BCUT2D eigenvalue weighted by atomic mass is 10.1. The number of carbonyl (C=O) groups excluding carboxylic acids is 1. The number of ether oxygens (including phenoxy) is 1. The van der Waals surface area contributed by atoms with Gasteiger partial charge in [-0.25, -0.2) is 0 Å². The number of carbonyl (C=O) groups is 1. The van der Waals surface area contributed by atoms with Crippen molar-refractivity contribution in [3.8, 4) is 0 Å². The largest absolute Gasteiger partial charge is 0.379 e. The van der Waals surface area contributed by atoms with E-state index in [4.69, 9.17) is 4.74 Å². The van der Waals surface area contributed by atoms with E-state index in [2.05, 4.69) is 9.88 Å². The van der Waals surface area contributed by atoms with Gasteiger partial charge in [0, 0.05) is 49.6 Å². The highest BCUT2D eigenvalue weighted by Crippen LogP contribution is 2.16. The van der Waals surface area contributed by atoms with Gasteiger partial charge in [0.2, 0.25) is 0 Å². The van der Waals surface area contributed by atoms with Gasteiger partial charge in [-0.15, -0.1) is 0 Å². The van der Waals surface area contributed by atoms with Gasteiger partial charge in [0.1, 0.15) is 0 Å². The highest BCUT2D eigenvalue weighted by atomic mass is 16.6. The van der Waals surface area contributed by atoms with Gasteiger partial charge in [-0.05, 0) is 25.1 Å². The standard InChI is InChI=1S/C20H24N4O4/c1-16-4-2-6-18(21-16)15-23(9-8-22-10-12-28-13-11-22)20(25)17-5-3-7-19(14-17)24(26)27/h2-7,14H,8-13,15H2,1H3. The molecule has 0 atom stereocenters. The zero-order valence-corrected chi connectivity index (χ0v) is 15.9. The number of aryl methyl sites for hydroxylation is 1. The number of rotatable bonds is 7. The molecule has 1 amide bonds. The van der Waals surface area contributed by atoms with Crippen LogP contribution in [0.3, 0.4) is 0 Å². The van der Waals surface area contributed by atoms with Gasteiger partial charge in [0.15, 0.2) is 0 Å². The Morgan fingerprint density at radius 3 is 2.71 bits per heavy atom. The first-order valence-corrected chi connectivity index (χ1v) is 9.29. The summed E-state index contributed by atoms with van der Waals surface area (Å²) in [5.41, 5.74) is 1.89. The van der Waals surface area contributed by atoms with Crippen molar-refractivity contribution in [2.24, 2.45) is 0 Å². The maximum atomic E-state index is 13.1. The molecule has 1 aromatic heterocycles. The highest BCUT2D eigenvalue weighted by Gasteiger charge is 2.20. The van der Waals surface area contributed by atoms with E-state index < -0.39 is 4.92 Å². The first-order valence-electron chi connectivity index (χ1n) is 9.29. The Morgan fingerprint density at radius 2 is 2.00 bits per heavy atom. The Bertz CT molecular complexity index is 836. The fourth-order valence-electron chi connectivity index (χ4n) is 3.16. The van der Waals surface area contributed by atoms with Gasteiger partial charge in [-0.1, -0.05) is 12.1 Å². The molecule has 1 aliphatic rings. The molecule has 0 unspecified atom stereocenters. The van der Waals surface area contributed by atoms with Crippen LogP contribution in [0, 0.1) is 17.0 Å². The molecule has 1 fully saturated rings. The number of morpholine rings is 1. The summed E-state index contributed by atoms with van der Waals surface area (Å²) >= 11 is 0. The van der Waals surface area contributed by atoms with Crippen LogP contribution in [-0.4, -0.2) is 65.0 Å². The molecule has 0 spiro atoms. The fourth-order valence-corrected chi connectivity index (χ4v) is 3.16. The molecular weight excluding hydrogens is 360 g/mol. The average Bonchev–Trinajstić information content (AvgIpc) is 2.71. The SMILES string of the molecule is Cc1cccc(CN(CCN2CCOCC2)C(=O)c2cccc([N+](=O)[O-])c2)n1. The molecule has 2 aromatic rings. The normalized spacial score (nSPS) is 14.6. The Hall–Kier alpha value is -2.84. The maximum absolute atomic E-state index is 13.1. The number of benzene rings is 1. The summed E-state index contributed by atoms with van der Waals surface area (Å²) in [4.78, 5) is 32.1. The zero-order chi connectivity index (χ0) is 19.9. The molecule has 1 aromatic carbocycles. The summed E-state index contributed by atoms with van der Waals surface area (Å²) in [6.07, 6.45) is 0. The van der Waals surface area contributed by atoms with Gasteiger partial charge in [0.05, 0.1) is 30.4 Å². The van der Waals surface area contributed by atoms with Crippen LogP contribution in [0.15, 0.2) is 42.5 Å². The molecule has 0 N–H and O–H groups in total. The maximum Gasteiger partial charge on any atom is 0.270 e. The molecule has 8 nitrogen and oxygen atoms in total. The molecule has 0 saturated carbocycles. The second kappa shape index (κ2) is 9.38. The smallest absolute Gasteiger partial charge is 0.270 e. The third-order valence-corrected chi connectivity index (χ3v) is 4.68. The van der Waals surface area contributed by atoms with Crippen LogP contribution in [0.4, 0.5) is 5.69 Å². The van der Waals surface area contributed by atoms with Gasteiger partial charge in [-0.3, -0.25) is 24.8 Å². The molecule has 2 heterocycles. The summed E-state index contributed by atoms with van der Waals surface area (Å²) in [5.74, 6) is -0.236. The number of aromatic nitrogens is 1. The number of hydrogen-bond donors (Lipinski definition) is 0. The lowest BCUT2D eigenvalue weighted by molar-refractivity contribution is -0.384. The van der Waals surface area contributed by atoms with Gasteiger partial charge in [0.25, 0.3) is 11.6 Å². The van der Waals surface area contributed by atoms with Crippen LogP contribution in [0.2, 0.25) is 0 Å². The Morgan fingerprint density at radius 1 is 1.25 bits per heavy atom. The molecule has 1 saturated heterocycles. The minimum atomic E-state index is -0.489. The minimum Gasteiger partial charge on any atom is -0.379 e. The number of amides is 1. The van der Waals surface area contributed by atoms with E-state index in [1.807, 2.05) is 25.1 Å². The van der Waals surface area contributed by atoms with Gasteiger partial charge in [-0.2, -0.15) is 0 Å². The monoisotopic (exact) mass is 384 g/mol. The van der Waals surface area contributed by atoms with Crippen molar-refractivity contribution in [3.05, 3.63) is 69.5 Å². The number of nitrogens with zero attached hydrogens (tertiary/aromatic N) is 4. The molecule has 0 aliphatic carbocycles. The quantitative estimate of drug-likeness (QED) is 0.537. The second-order valence-electron chi connectivity index (χ2n) is 6.76. The number of pyridine rings is 1. The van der Waals surface area contributed by atoms with Gasteiger partial charge < -0.3 is 9.64 Å². The minimum absolute atomic E-state index is 0.0901. The highest BCUT2D eigenvalue weighted by molar-refractivity contribution is 5.94. The van der Waals surface area contributed by atoms with Crippen molar-refractivity contribution >= 4 is 11.6 Å². The van der Waals surface area contributed by atoms with Crippen molar-refractivity contribution in [1.29, 1.82) is 0 Å². The Balaban J connectivity index is 1.78. The predicted octanol–water partition coefficient (Wildman–Crippen LogP) is 2.27. The van der Waals surface area contributed by atoms with Crippen molar-refractivity contribution in [2.45, 2.75) is 13.5 Å². The molecule has 28 heavy (non-hydrogen) atoms. The molecule has 0 radical (unpaired) electrons. The number of nitro benzene ring substituents is 1. The fraction of sp³-hybridized carbons (Fsp3) is 0.400. The lowest BCUT2D eigenvalue weighted by Crippen LogP contribution is -2.43. The number of non-ortho nitro benzene ring substituents is 1. The molecule has 8 heteroatoms. The van der Waals surface area contributed by atoms with Crippen LogP contribution in [0.25, 0.3) is 0 Å². The van der Waals surface area contributed by atoms with E-state index in [0.29, 0.717) is 31.9 Å².